The Morgan fingerprint density at radius 1 is 1.00 bits per heavy atom. The zero-order valence-electron chi connectivity index (χ0n) is 13.7. The first-order chi connectivity index (χ1) is 12.2. The topological polar surface area (TPSA) is 77.6 Å². The van der Waals surface area contributed by atoms with Crippen molar-refractivity contribution in [2.75, 3.05) is 20.3 Å². The van der Waals surface area contributed by atoms with Crippen molar-refractivity contribution in [1.82, 2.24) is 4.98 Å². The Morgan fingerprint density at radius 3 is 2.48 bits per heavy atom. The third kappa shape index (κ3) is 3.98. The zero-order chi connectivity index (χ0) is 17.6. The van der Waals surface area contributed by atoms with Crippen LogP contribution >= 0.6 is 0 Å². The molecule has 0 aliphatic carbocycles. The van der Waals surface area contributed by atoms with Gasteiger partial charge in [0, 0.05) is 17.0 Å². The Balaban J connectivity index is 1.60. The highest BCUT2D eigenvalue weighted by molar-refractivity contribution is 6.03. The Bertz CT molecular complexity index is 930. The number of methoxy groups -OCH3 is 1. The van der Waals surface area contributed by atoms with Gasteiger partial charge in [0.2, 0.25) is 5.56 Å². The number of para-hydroxylation sites is 1. The van der Waals surface area contributed by atoms with Crippen LogP contribution in [0.2, 0.25) is 0 Å². The smallest absolute Gasteiger partial charge is 0.339 e. The molecule has 0 spiro atoms. The highest BCUT2D eigenvalue weighted by Gasteiger charge is 2.13. The molecule has 0 radical (unpaired) electrons. The van der Waals surface area contributed by atoms with Crippen molar-refractivity contribution in [2.24, 2.45) is 0 Å². The summed E-state index contributed by atoms with van der Waals surface area (Å²) in [5.41, 5.74) is 0.486. The number of esters is 1. The summed E-state index contributed by atoms with van der Waals surface area (Å²) in [4.78, 5) is 26.6. The average Bonchev–Trinajstić information content (AvgIpc) is 2.64. The van der Waals surface area contributed by atoms with Crippen LogP contribution in [-0.4, -0.2) is 31.3 Å². The first-order valence-corrected chi connectivity index (χ1v) is 7.73. The van der Waals surface area contributed by atoms with Crippen LogP contribution in [0.5, 0.6) is 11.5 Å². The van der Waals surface area contributed by atoms with E-state index in [1.54, 1.807) is 55.6 Å². The molecular weight excluding hydrogens is 322 g/mol. The summed E-state index contributed by atoms with van der Waals surface area (Å²) in [7, 11) is 1.59. The van der Waals surface area contributed by atoms with Crippen LogP contribution in [0.25, 0.3) is 10.9 Å². The number of carbonyl (C=O) groups excluding carboxylic acids is 1. The van der Waals surface area contributed by atoms with E-state index in [-0.39, 0.29) is 24.3 Å². The van der Waals surface area contributed by atoms with Gasteiger partial charge in [0.15, 0.2) is 0 Å². The van der Waals surface area contributed by atoms with E-state index >= 15 is 0 Å². The lowest BCUT2D eigenvalue weighted by Crippen LogP contribution is -2.16. The van der Waals surface area contributed by atoms with Gasteiger partial charge in [-0.2, -0.15) is 0 Å². The fraction of sp³-hybridized carbons (Fsp3) is 0.158. The van der Waals surface area contributed by atoms with E-state index in [4.69, 9.17) is 14.2 Å². The Labute approximate surface area is 144 Å². The number of hydrogen-bond donors (Lipinski definition) is 1. The molecule has 25 heavy (non-hydrogen) atoms. The van der Waals surface area contributed by atoms with E-state index in [1.807, 2.05) is 0 Å². The van der Waals surface area contributed by atoms with Gasteiger partial charge in [0.05, 0.1) is 12.7 Å². The lowest BCUT2D eigenvalue weighted by Gasteiger charge is -2.09. The van der Waals surface area contributed by atoms with E-state index in [9.17, 15) is 9.59 Å². The first-order valence-electron chi connectivity index (χ1n) is 7.73. The zero-order valence-corrected chi connectivity index (χ0v) is 13.7. The van der Waals surface area contributed by atoms with Crippen LogP contribution in [-0.2, 0) is 4.74 Å². The van der Waals surface area contributed by atoms with Crippen molar-refractivity contribution in [1.29, 1.82) is 0 Å². The van der Waals surface area contributed by atoms with Crippen LogP contribution in [0.1, 0.15) is 10.4 Å². The van der Waals surface area contributed by atoms with Gasteiger partial charge in [-0.3, -0.25) is 4.79 Å². The summed E-state index contributed by atoms with van der Waals surface area (Å²) in [5.74, 6) is 0.832. The number of H-pyrrole nitrogens is 1. The Kier molecular flexibility index (Phi) is 4.99. The summed E-state index contributed by atoms with van der Waals surface area (Å²) >= 11 is 0. The number of ether oxygens (including phenoxy) is 3. The number of pyridine rings is 1. The van der Waals surface area contributed by atoms with E-state index in [2.05, 4.69) is 4.98 Å². The number of nitrogens with one attached hydrogen (secondary N) is 1. The van der Waals surface area contributed by atoms with E-state index < -0.39 is 5.97 Å². The lowest BCUT2D eigenvalue weighted by molar-refractivity contribution is 0.0452. The number of hydrogen-bond acceptors (Lipinski definition) is 5. The molecule has 1 heterocycles. The molecule has 2 aromatic carbocycles. The maximum Gasteiger partial charge on any atom is 0.339 e. The van der Waals surface area contributed by atoms with E-state index in [0.717, 1.165) is 5.75 Å². The van der Waals surface area contributed by atoms with Crippen molar-refractivity contribution in [2.45, 2.75) is 0 Å². The number of aromatic nitrogens is 1. The van der Waals surface area contributed by atoms with Crippen molar-refractivity contribution in [3.63, 3.8) is 0 Å². The first kappa shape index (κ1) is 16.6. The summed E-state index contributed by atoms with van der Waals surface area (Å²) < 4.78 is 15.8. The molecule has 1 aromatic heterocycles. The maximum atomic E-state index is 12.3. The Morgan fingerprint density at radius 2 is 1.72 bits per heavy atom. The second-order valence-electron chi connectivity index (χ2n) is 5.25. The van der Waals surface area contributed by atoms with Crippen molar-refractivity contribution >= 4 is 16.9 Å². The van der Waals surface area contributed by atoms with E-state index in [0.29, 0.717) is 16.7 Å². The highest BCUT2D eigenvalue weighted by Crippen LogP contribution is 2.17. The third-order valence-corrected chi connectivity index (χ3v) is 3.62. The predicted octanol–water partition coefficient (Wildman–Crippen LogP) is 2.77. The quantitative estimate of drug-likeness (QED) is 0.552. The van der Waals surface area contributed by atoms with Gasteiger partial charge in [-0.1, -0.05) is 18.2 Å². The summed E-state index contributed by atoms with van der Waals surface area (Å²) in [6, 6.07) is 15.4. The normalized spacial score (nSPS) is 10.4. The van der Waals surface area contributed by atoms with Gasteiger partial charge in [0.25, 0.3) is 0 Å². The molecule has 0 unspecified atom stereocenters. The monoisotopic (exact) mass is 339 g/mol. The number of rotatable bonds is 6. The number of aromatic amines is 1. The van der Waals surface area contributed by atoms with Crippen LogP contribution in [0.15, 0.2) is 59.4 Å². The van der Waals surface area contributed by atoms with Gasteiger partial charge in [0.1, 0.15) is 24.7 Å². The van der Waals surface area contributed by atoms with E-state index in [1.165, 1.54) is 6.07 Å². The van der Waals surface area contributed by atoms with Gasteiger partial charge in [-0.15, -0.1) is 0 Å². The Hall–Kier alpha value is -3.28. The molecule has 6 nitrogen and oxygen atoms in total. The second-order valence-corrected chi connectivity index (χ2v) is 5.25. The van der Waals surface area contributed by atoms with Crippen LogP contribution < -0.4 is 15.0 Å². The van der Waals surface area contributed by atoms with Gasteiger partial charge >= 0.3 is 5.97 Å². The molecular formula is C19H17NO5. The maximum absolute atomic E-state index is 12.3. The molecule has 6 heteroatoms. The van der Waals surface area contributed by atoms with Crippen molar-refractivity contribution in [3.8, 4) is 11.5 Å². The fourth-order valence-corrected chi connectivity index (χ4v) is 2.42. The fourth-order valence-electron chi connectivity index (χ4n) is 2.42. The molecule has 1 N–H and O–H groups in total. The van der Waals surface area contributed by atoms with Gasteiger partial charge < -0.3 is 19.2 Å². The SMILES string of the molecule is COc1ccc(OCCOC(=O)c2cc(=O)[nH]c3ccccc23)cc1. The standard InChI is InChI=1S/C19H17NO5/c1-23-13-6-8-14(9-7-13)24-10-11-25-19(22)16-12-18(21)20-17-5-3-2-4-15(16)17/h2-9,12H,10-11H2,1H3,(H,20,21). The largest absolute Gasteiger partial charge is 0.497 e. The number of carbonyl (C=O) groups is 1. The third-order valence-electron chi connectivity index (χ3n) is 3.62. The summed E-state index contributed by atoms with van der Waals surface area (Å²) in [6.45, 7) is 0.283. The van der Waals surface area contributed by atoms with Crippen LogP contribution in [0, 0.1) is 0 Å². The number of fused-ring (bicyclic) bond motifs is 1. The molecule has 0 saturated heterocycles. The van der Waals surface area contributed by atoms with Crippen LogP contribution in [0.4, 0.5) is 0 Å². The van der Waals surface area contributed by atoms with Crippen molar-refractivity contribution in [3.05, 3.63) is 70.5 Å². The summed E-state index contributed by atoms with van der Waals surface area (Å²) in [5, 5.41) is 0.642. The lowest BCUT2D eigenvalue weighted by atomic mass is 10.1. The molecule has 0 aliphatic rings. The number of benzene rings is 2. The molecule has 0 atom stereocenters. The molecule has 3 rings (SSSR count). The molecule has 0 bridgehead atoms. The van der Waals surface area contributed by atoms with Crippen molar-refractivity contribution < 1.29 is 19.0 Å². The minimum Gasteiger partial charge on any atom is -0.497 e. The molecule has 3 aromatic rings. The molecule has 0 amide bonds. The molecule has 0 fully saturated rings. The van der Waals surface area contributed by atoms with Gasteiger partial charge in [-0.05, 0) is 30.3 Å². The summed E-state index contributed by atoms with van der Waals surface area (Å²) in [6.07, 6.45) is 0. The highest BCUT2D eigenvalue weighted by atomic mass is 16.6. The average molecular weight is 339 g/mol. The van der Waals surface area contributed by atoms with Gasteiger partial charge in [-0.25, -0.2) is 4.79 Å². The minimum absolute atomic E-state index is 0.0754. The predicted molar refractivity (Wildman–Crippen MR) is 93.3 cm³/mol. The molecule has 128 valence electrons. The molecule has 0 aliphatic heterocycles. The molecule has 0 saturated carbocycles. The van der Waals surface area contributed by atoms with Crippen LogP contribution in [0.3, 0.4) is 0 Å². The minimum atomic E-state index is -0.555. The second kappa shape index (κ2) is 7.53.